The Balaban J connectivity index is 2.15. The number of aliphatic hydroxyl groups is 1. The maximum absolute atomic E-state index is 9.13. The zero-order valence-corrected chi connectivity index (χ0v) is 8.97. The Morgan fingerprint density at radius 3 is 2.46 bits per heavy atom. The van der Waals surface area contributed by atoms with Gasteiger partial charge in [0.25, 0.3) is 0 Å². The van der Waals surface area contributed by atoms with E-state index >= 15 is 0 Å². The van der Waals surface area contributed by atoms with Crippen LogP contribution in [0.3, 0.4) is 0 Å². The Morgan fingerprint density at radius 2 is 2.08 bits per heavy atom. The molecular formula is C11H23NO. The molecule has 0 aliphatic heterocycles. The average molecular weight is 185 g/mol. The van der Waals surface area contributed by atoms with Crippen molar-refractivity contribution in [3.8, 4) is 0 Å². The molecule has 1 unspecified atom stereocenters. The largest absolute Gasteiger partial charge is 0.396 e. The van der Waals surface area contributed by atoms with Crippen molar-refractivity contribution < 1.29 is 5.11 Å². The van der Waals surface area contributed by atoms with Crippen LogP contribution >= 0.6 is 0 Å². The van der Waals surface area contributed by atoms with E-state index < -0.39 is 0 Å². The minimum absolute atomic E-state index is 0.265. The molecule has 1 saturated carbocycles. The fourth-order valence-corrected chi connectivity index (χ4v) is 1.73. The van der Waals surface area contributed by atoms with Crippen molar-refractivity contribution in [3.63, 3.8) is 0 Å². The molecule has 1 rings (SSSR count). The Bertz CT molecular complexity index is 143. The second-order valence-electron chi connectivity index (χ2n) is 4.43. The predicted octanol–water partition coefficient (Wildman–Crippen LogP) is 1.93. The zero-order chi connectivity index (χ0) is 9.73. The molecule has 0 saturated heterocycles. The molecule has 0 spiro atoms. The van der Waals surface area contributed by atoms with E-state index in [-0.39, 0.29) is 5.41 Å². The minimum atomic E-state index is 0.265. The van der Waals surface area contributed by atoms with E-state index in [1.54, 1.807) is 0 Å². The number of aliphatic hydroxyl groups excluding tert-OH is 1. The van der Waals surface area contributed by atoms with Crippen molar-refractivity contribution >= 4 is 0 Å². The molecule has 13 heavy (non-hydrogen) atoms. The van der Waals surface area contributed by atoms with Crippen LogP contribution in [0.4, 0.5) is 0 Å². The van der Waals surface area contributed by atoms with Gasteiger partial charge in [-0.15, -0.1) is 0 Å². The lowest BCUT2D eigenvalue weighted by Gasteiger charge is -2.20. The molecule has 1 fully saturated rings. The topological polar surface area (TPSA) is 32.3 Å². The van der Waals surface area contributed by atoms with Crippen molar-refractivity contribution in [1.82, 2.24) is 5.32 Å². The Labute approximate surface area is 81.7 Å². The van der Waals surface area contributed by atoms with E-state index in [1.165, 1.54) is 32.1 Å². The predicted molar refractivity (Wildman–Crippen MR) is 55.7 cm³/mol. The smallest absolute Gasteiger partial charge is 0.0499 e. The van der Waals surface area contributed by atoms with Crippen molar-refractivity contribution in [2.45, 2.75) is 52.0 Å². The van der Waals surface area contributed by atoms with Crippen molar-refractivity contribution in [2.75, 3.05) is 13.2 Å². The summed E-state index contributed by atoms with van der Waals surface area (Å²) in [6.45, 7) is 5.83. The molecule has 1 aliphatic carbocycles. The highest BCUT2D eigenvalue weighted by molar-refractivity contribution is 4.94. The summed E-state index contributed by atoms with van der Waals surface area (Å²) in [4.78, 5) is 0. The molecular weight excluding hydrogens is 162 g/mol. The quantitative estimate of drug-likeness (QED) is 0.635. The first-order valence-electron chi connectivity index (χ1n) is 5.60. The third kappa shape index (κ3) is 3.28. The van der Waals surface area contributed by atoms with Crippen LogP contribution in [0.5, 0.6) is 0 Å². The second kappa shape index (κ2) is 4.97. The maximum Gasteiger partial charge on any atom is 0.0499 e. The summed E-state index contributed by atoms with van der Waals surface area (Å²) in [6.07, 6.45) is 6.13. The van der Waals surface area contributed by atoms with Gasteiger partial charge in [-0.3, -0.25) is 0 Å². The monoisotopic (exact) mass is 185 g/mol. The molecule has 0 bridgehead atoms. The summed E-state index contributed by atoms with van der Waals surface area (Å²) >= 11 is 0. The van der Waals surface area contributed by atoms with Gasteiger partial charge in [0.05, 0.1) is 0 Å². The lowest BCUT2D eigenvalue weighted by Crippen LogP contribution is -2.34. The first-order valence-corrected chi connectivity index (χ1v) is 5.60. The first kappa shape index (κ1) is 11.0. The van der Waals surface area contributed by atoms with Gasteiger partial charge in [-0.25, -0.2) is 0 Å². The van der Waals surface area contributed by atoms with Crippen LogP contribution in [0, 0.1) is 5.41 Å². The van der Waals surface area contributed by atoms with E-state index in [1.807, 2.05) is 0 Å². The third-order valence-electron chi connectivity index (χ3n) is 3.19. The lowest BCUT2D eigenvalue weighted by molar-refractivity contribution is 0.202. The van der Waals surface area contributed by atoms with Crippen molar-refractivity contribution in [2.24, 2.45) is 5.41 Å². The highest BCUT2D eigenvalue weighted by Crippen LogP contribution is 2.44. The summed E-state index contributed by atoms with van der Waals surface area (Å²) in [5.41, 5.74) is 0.265. The van der Waals surface area contributed by atoms with Gasteiger partial charge in [-0.2, -0.15) is 0 Å². The third-order valence-corrected chi connectivity index (χ3v) is 3.19. The van der Waals surface area contributed by atoms with Gasteiger partial charge in [0, 0.05) is 24.6 Å². The van der Waals surface area contributed by atoms with Crippen molar-refractivity contribution in [3.05, 3.63) is 0 Å². The highest BCUT2D eigenvalue weighted by atomic mass is 16.3. The normalized spacial score (nSPS) is 21.5. The average Bonchev–Trinajstić information content (AvgIpc) is 2.93. The molecule has 0 radical (unpaired) electrons. The molecule has 0 aromatic rings. The number of hydrogen-bond acceptors (Lipinski definition) is 2. The van der Waals surface area contributed by atoms with Crippen LogP contribution in [0.25, 0.3) is 0 Å². The van der Waals surface area contributed by atoms with Gasteiger partial charge in [0.2, 0.25) is 0 Å². The Hall–Kier alpha value is -0.0800. The lowest BCUT2D eigenvalue weighted by atomic mass is 10.1. The van der Waals surface area contributed by atoms with Gasteiger partial charge >= 0.3 is 0 Å². The van der Waals surface area contributed by atoms with Gasteiger partial charge in [-0.1, -0.05) is 20.3 Å². The van der Waals surface area contributed by atoms with Crippen LogP contribution in [-0.2, 0) is 0 Å². The SMILES string of the molecule is CCCC(CC)NCC1(CO)CC1. The van der Waals surface area contributed by atoms with E-state index in [4.69, 9.17) is 5.11 Å². The Morgan fingerprint density at radius 1 is 1.38 bits per heavy atom. The molecule has 0 aromatic heterocycles. The molecule has 0 amide bonds. The summed E-state index contributed by atoms with van der Waals surface area (Å²) in [5, 5.41) is 12.7. The summed E-state index contributed by atoms with van der Waals surface area (Å²) in [7, 11) is 0. The Kier molecular flexibility index (Phi) is 4.20. The van der Waals surface area contributed by atoms with Crippen LogP contribution in [-0.4, -0.2) is 24.3 Å². The molecule has 78 valence electrons. The van der Waals surface area contributed by atoms with Crippen LogP contribution in [0.1, 0.15) is 46.0 Å². The molecule has 2 heteroatoms. The van der Waals surface area contributed by atoms with Gasteiger partial charge in [0.15, 0.2) is 0 Å². The number of nitrogens with one attached hydrogen (secondary N) is 1. The van der Waals surface area contributed by atoms with E-state index in [0.717, 1.165) is 6.54 Å². The fraction of sp³-hybridized carbons (Fsp3) is 1.00. The summed E-state index contributed by atoms with van der Waals surface area (Å²) in [6, 6.07) is 0.661. The van der Waals surface area contributed by atoms with Gasteiger partial charge < -0.3 is 10.4 Å². The van der Waals surface area contributed by atoms with E-state index in [0.29, 0.717) is 12.6 Å². The molecule has 0 heterocycles. The number of rotatable bonds is 7. The summed E-state index contributed by atoms with van der Waals surface area (Å²) in [5.74, 6) is 0. The van der Waals surface area contributed by atoms with Gasteiger partial charge in [0.1, 0.15) is 0 Å². The van der Waals surface area contributed by atoms with E-state index in [2.05, 4.69) is 19.2 Å². The standard InChI is InChI=1S/C11H23NO/c1-3-5-10(4-2)12-8-11(9-13)6-7-11/h10,12-13H,3-9H2,1-2H3. The zero-order valence-electron chi connectivity index (χ0n) is 8.97. The van der Waals surface area contributed by atoms with E-state index in [9.17, 15) is 0 Å². The summed E-state index contributed by atoms with van der Waals surface area (Å²) < 4.78 is 0. The molecule has 1 atom stereocenters. The minimum Gasteiger partial charge on any atom is -0.396 e. The molecule has 2 nitrogen and oxygen atoms in total. The number of hydrogen-bond donors (Lipinski definition) is 2. The van der Waals surface area contributed by atoms with Crippen LogP contribution in [0.15, 0.2) is 0 Å². The maximum atomic E-state index is 9.13. The molecule has 0 aromatic carbocycles. The first-order chi connectivity index (χ1) is 6.26. The van der Waals surface area contributed by atoms with Crippen LogP contribution < -0.4 is 5.32 Å². The van der Waals surface area contributed by atoms with Crippen molar-refractivity contribution in [1.29, 1.82) is 0 Å². The highest BCUT2D eigenvalue weighted by Gasteiger charge is 2.41. The van der Waals surface area contributed by atoms with Gasteiger partial charge in [-0.05, 0) is 25.7 Å². The second-order valence-corrected chi connectivity index (χ2v) is 4.43. The molecule has 1 aliphatic rings. The van der Waals surface area contributed by atoms with Crippen LogP contribution in [0.2, 0.25) is 0 Å². The fourth-order valence-electron chi connectivity index (χ4n) is 1.73. The molecule has 2 N–H and O–H groups in total.